The molecule has 6 nitrogen and oxygen atoms in total. The zero-order chi connectivity index (χ0) is 13.5. The van der Waals surface area contributed by atoms with Crippen LogP contribution in [0.25, 0.3) is 0 Å². The van der Waals surface area contributed by atoms with Crippen LogP contribution >= 0.6 is 0 Å². The lowest BCUT2D eigenvalue weighted by Crippen LogP contribution is -2.44. The maximum absolute atomic E-state index is 11.8. The lowest BCUT2D eigenvalue weighted by Gasteiger charge is -2.16. The Bertz CT molecular complexity index is 387. The average Bonchev–Trinajstić information content (AvgIpc) is 2.90. The molecule has 1 aliphatic rings. The van der Waals surface area contributed by atoms with Crippen molar-refractivity contribution in [3.05, 3.63) is 24.3 Å². The Labute approximate surface area is 105 Å². The highest BCUT2D eigenvalue weighted by molar-refractivity contribution is 5.90. The zero-order valence-corrected chi connectivity index (χ0v) is 10.2. The second-order valence-corrected chi connectivity index (χ2v) is 3.66. The topological polar surface area (TPSA) is 81.7 Å². The molecule has 0 unspecified atom stereocenters. The van der Waals surface area contributed by atoms with Crippen LogP contribution in [-0.2, 0) is 23.9 Å². The summed E-state index contributed by atoms with van der Waals surface area (Å²) in [5.74, 6) is -2.06. The number of allylic oxidation sites excluding steroid dienone is 2. The second kappa shape index (κ2) is 6.58. The van der Waals surface area contributed by atoms with Crippen molar-refractivity contribution in [1.82, 2.24) is 5.32 Å². The number of hydrogen-bond donors (Lipinski definition) is 1. The Kier molecular flexibility index (Phi) is 5.10. The van der Waals surface area contributed by atoms with Crippen LogP contribution in [0.4, 0.5) is 0 Å². The summed E-state index contributed by atoms with van der Waals surface area (Å²) >= 11 is 0. The predicted molar refractivity (Wildman–Crippen MR) is 62.3 cm³/mol. The second-order valence-electron chi connectivity index (χ2n) is 3.66. The van der Waals surface area contributed by atoms with E-state index in [0.717, 1.165) is 0 Å². The smallest absolute Gasteiger partial charge is 0.328 e. The van der Waals surface area contributed by atoms with E-state index < -0.39 is 23.9 Å². The third kappa shape index (κ3) is 3.73. The molecule has 0 radical (unpaired) electrons. The summed E-state index contributed by atoms with van der Waals surface area (Å²) in [6, 6.07) is -1.03. The normalized spacial score (nSPS) is 15.2. The van der Waals surface area contributed by atoms with E-state index in [4.69, 9.17) is 0 Å². The fourth-order valence-electron chi connectivity index (χ4n) is 1.46. The van der Waals surface area contributed by atoms with E-state index in [-0.39, 0.29) is 12.3 Å². The number of rotatable bonds is 5. The van der Waals surface area contributed by atoms with Gasteiger partial charge in [-0.3, -0.25) is 9.59 Å². The van der Waals surface area contributed by atoms with Gasteiger partial charge in [0.2, 0.25) is 5.91 Å². The third-order valence-electron chi connectivity index (χ3n) is 2.45. The number of carbonyl (C=O) groups excluding carboxylic acids is 3. The summed E-state index contributed by atoms with van der Waals surface area (Å²) in [6.07, 6.45) is 6.58. The van der Waals surface area contributed by atoms with E-state index >= 15 is 0 Å². The van der Waals surface area contributed by atoms with E-state index in [1.807, 2.05) is 0 Å². The number of carbonyl (C=O) groups is 3. The van der Waals surface area contributed by atoms with Gasteiger partial charge in [-0.2, -0.15) is 0 Å². The minimum Gasteiger partial charge on any atom is -0.469 e. The first-order valence-corrected chi connectivity index (χ1v) is 5.38. The summed E-state index contributed by atoms with van der Waals surface area (Å²) < 4.78 is 8.98. The number of nitrogens with one attached hydrogen (secondary N) is 1. The fourth-order valence-corrected chi connectivity index (χ4v) is 1.46. The molecule has 6 heteroatoms. The summed E-state index contributed by atoms with van der Waals surface area (Å²) in [4.78, 5) is 34.3. The van der Waals surface area contributed by atoms with Crippen molar-refractivity contribution < 1.29 is 23.9 Å². The van der Waals surface area contributed by atoms with Crippen molar-refractivity contribution in [2.75, 3.05) is 14.2 Å². The summed E-state index contributed by atoms with van der Waals surface area (Å²) in [6.45, 7) is 0. The maximum Gasteiger partial charge on any atom is 0.328 e. The molecule has 0 spiro atoms. The number of ether oxygens (including phenoxy) is 2. The summed E-state index contributed by atoms with van der Waals surface area (Å²) in [5, 5.41) is 2.46. The molecule has 0 saturated heterocycles. The van der Waals surface area contributed by atoms with E-state index in [9.17, 15) is 14.4 Å². The van der Waals surface area contributed by atoms with Crippen molar-refractivity contribution >= 4 is 17.8 Å². The van der Waals surface area contributed by atoms with E-state index in [0.29, 0.717) is 0 Å². The van der Waals surface area contributed by atoms with Crippen molar-refractivity contribution in [1.29, 1.82) is 0 Å². The van der Waals surface area contributed by atoms with Crippen molar-refractivity contribution in [2.45, 2.75) is 12.5 Å². The minimum atomic E-state index is -1.03. The monoisotopic (exact) mass is 253 g/mol. The molecule has 98 valence electrons. The fraction of sp³-hybridized carbons (Fsp3) is 0.417. The SMILES string of the molecule is COC(=O)C[C@@H](NC(=O)C1C=CC=C1)C(=O)OC. The molecule has 0 bridgehead atoms. The molecular weight excluding hydrogens is 238 g/mol. The first-order chi connectivity index (χ1) is 8.58. The molecule has 0 aromatic carbocycles. The summed E-state index contributed by atoms with van der Waals surface area (Å²) in [5.41, 5.74) is 0. The van der Waals surface area contributed by atoms with Gasteiger partial charge in [0, 0.05) is 0 Å². The minimum absolute atomic E-state index is 0.255. The molecule has 18 heavy (non-hydrogen) atoms. The molecule has 0 aliphatic heterocycles. The molecule has 1 rings (SSSR count). The Hall–Kier alpha value is -2.11. The molecule has 0 saturated carbocycles. The molecule has 0 aromatic rings. The third-order valence-corrected chi connectivity index (χ3v) is 2.45. The highest BCUT2D eigenvalue weighted by Crippen LogP contribution is 2.09. The summed E-state index contributed by atoms with van der Waals surface area (Å²) in [7, 11) is 2.40. The molecule has 1 N–H and O–H groups in total. The number of hydrogen-bond acceptors (Lipinski definition) is 5. The number of esters is 2. The Morgan fingerprint density at radius 3 is 2.28 bits per heavy atom. The van der Waals surface area contributed by atoms with Crippen molar-refractivity contribution in [2.24, 2.45) is 5.92 Å². The molecule has 1 amide bonds. The van der Waals surface area contributed by atoms with Crippen LogP contribution in [0.1, 0.15) is 6.42 Å². The van der Waals surface area contributed by atoms with Crippen molar-refractivity contribution in [3.63, 3.8) is 0 Å². The quantitative estimate of drug-likeness (QED) is 0.695. The maximum atomic E-state index is 11.8. The Balaban J connectivity index is 2.62. The molecule has 1 atom stereocenters. The van der Waals surface area contributed by atoms with Gasteiger partial charge in [-0.1, -0.05) is 24.3 Å². The molecule has 0 heterocycles. The van der Waals surface area contributed by atoms with Crippen LogP contribution in [0.15, 0.2) is 24.3 Å². The first kappa shape index (κ1) is 14.0. The van der Waals surface area contributed by atoms with Crippen LogP contribution in [0.5, 0.6) is 0 Å². The molecule has 0 aromatic heterocycles. The van der Waals surface area contributed by atoms with Gasteiger partial charge in [0.05, 0.1) is 26.6 Å². The lowest BCUT2D eigenvalue weighted by atomic mass is 10.1. The van der Waals surface area contributed by atoms with Crippen LogP contribution in [-0.4, -0.2) is 38.1 Å². The lowest BCUT2D eigenvalue weighted by molar-refractivity contribution is -0.150. The van der Waals surface area contributed by atoms with Crippen LogP contribution in [0.2, 0.25) is 0 Å². The highest BCUT2D eigenvalue weighted by Gasteiger charge is 2.27. The molecule has 1 aliphatic carbocycles. The standard InChI is InChI=1S/C12H15NO5/c1-17-10(14)7-9(12(16)18-2)13-11(15)8-5-3-4-6-8/h3-6,8-9H,7H2,1-2H3,(H,13,15)/t9-/m1/s1. The van der Waals surface area contributed by atoms with Gasteiger partial charge in [0.25, 0.3) is 0 Å². The van der Waals surface area contributed by atoms with Gasteiger partial charge in [-0.15, -0.1) is 0 Å². The van der Waals surface area contributed by atoms with E-state index in [1.54, 1.807) is 24.3 Å². The Morgan fingerprint density at radius 1 is 1.17 bits per heavy atom. The van der Waals surface area contributed by atoms with E-state index in [1.165, 1.54) is 14.2 Å². The van der Waals surface area contributed by atoms with Crippen molar-refractivity contribution in [3.8, 4) is 0 Å². The number of methoxy groups -OCH3 is 2. The van der Waals surface area contributed by atoms with Crippen LogP contribution in [0.3, 0.4) is 0 Å². The first-order valence-electron chi connectivity index (χ1n) is 5.38. The Morgan fingerprint density at radius 2 is 1.78 bits per heavy atom. The van der Waals surface area contributed by atoms with Crippen LogP contribution < -0.4 is 5.32 Å². The zero-order valence-electron chi connectivity index (χ0n) is 10.2. The number of amides is 1. The van der Waals surface area contributed by atoms with Crippen LogP contribution in [0, 0.1) is 5.92 Å². The van der Waals surface area contributed by atoms with Gasteiger partial charge in [-0.25, -0.2) is 4.79 Å². The largest absolute Gasteiger partial charge is 0.469 e. The van der Waals surface area contributed by atoms with E-state index in [2.05, 4.69) is 14.8 Å². The van der Waals surface area contributed by atoms with Gasteiger partial charge >= 0.3 is 11.9 Å². The predicted octanol–water partition coefficient (Wildman–Crippen LogP) is -0.0505. The van der Waals surface area contributed by atoms with Gasteiger partial charge in [0.1, 0.15) is 6.04 Å². The molecule has 0 fully saturated rings. The van der Waals surface area contributed by atoms with Gasteiger partial charge in [0.15, 0.2) is 0 Å². The van der Waals surface area contributed by atoms with Gasteiger partial charge in [-0.05, 0) is 0 Å². The highest BCUT2D eigenvalue weighted by atomic mass is 16.5. The average molecular weight is 253 g/mol. The van der Waals surface area contributed by atoms with Gasteiger partial charge < -0.3 is 14.8 Å². The molecular formula is C12H15NO5.